The highest BCUT2D eigenvalue weighted by Gasteiger charge is 2.23. The molecule has 1 N–H and O–H groups in total. The molecule has 0 aromatic carbocycles. The van der Waals surface area contributed by atoms with Crippen molar-refractivity contribution in [2.45, 2.75) is 40.5 Å². The Bertz CT molecular complexity index is 531. The molecule has 4 nitrogen and oxygen atoms in total. The van der Waals surface area contributed by atoms with Crippen LogP contribution in [0.25, 0.3) is 0 Å². The van der Waals surface area contributed by atoms with E-state index in [1.165, 1.54) is 6.42 Å². The third kappa shape index (κ3) is 3.01. The van der Waals surface area contributed by atoms with Crippen LogP contribution in [0.4, 0.5) is 0 Å². The summed E-state index contributed by atoms with van der Waals surface area (Å²) in [5, 5.41) is 0. The van der Waals surface area contributed by atoms with Gasteiger partial charge in [0.05, 0.1) is 12.2 Å². The second kappa shape index (κ2) is 5.92. The number of carbonyl (C=O) groups is 2. The maximum absolute atomic E-state index is 12.4. The second-order valence-corrected chi connectivity index (χ2v) is 6.09. The van der Waals surface area contributed by atoms with Crippen molar-refractivity contribution >= 4 is 11.6 Å². The maximum atomic E-state index is 12.4. The van der Waals surface area contributed by atoms with E-state index in [2.05, 4.69) is 16.8 Å². The number of hydrogen-bond donors (Lipinski definition) is 1. The average Bonchev–Trinajstić information content (AvgIpc) is 2.64. The van der Waals surface area contributed by atoms with Gasteiger partial charge in [0, 0.05) is 17.8 Å². The summed E-state index contributed by atoms with van der Waals surface area (Å²) >= 11 is 0. The highest BCUT2D eigenvalue weighted by Crippen LogP contribution is 2.20. The van der Waals surface area contributed by atoms with Gasteiger partial charge in [0.1, 0.15) is 0 Å². The standard InChI is InChI=1S/C16H24N2O2/c1-10-6-5-7-18(8-10)9-14(20)16-11(2)15(13(4)19)12(3)17-16/h10,17H,5-9H2,1-4H3/t10-/m1/s1. The van der Waals surface area contributed by atoms with E-state index in [1.807, 2.05) is 13.8 Å². The van der Waals surface area contributed by atoms with Crippen molar-refractivity contribution in [3.8, 4) is 0 Å². The van der Waals surface area contributed by atoms with Crippen LogP contribution in [0.3, 0.4) is 0 Å². The van der Waals surface area contributed by atoms with Gasteiger partial charge in [-0.3, -0.25) is 14.5 Å². The average molecular weight is 276 g/mol. The van der Waals surface area contributed by atoms with Crippen LogP contribution >= 0.6 is 0 Å². The Morgan fingerprint density at radius 2 is 2.05 bits per heavy atom. The Morgan fingerprint density at radius 1 is 1.35 bits per heavy atom. The number of ketones is 2. The van der Waals surface area contributed by atoms with Crippen LogP contribution in [-0.4, -0.2) is 41.1 Å². The van der Waals surface area contributed by atoms with E-state index >= 15 is 0 Å². The maximum Gasteiger partial charge on any atom is 0.193 e. The van der Waals surface area contributed by atoms with Crippen molar-refractivity contribution in [2.24, 2.45) is 5.92 Å². The largest absolute Gasteiger partial charge is 0.355 e. The van der Waals surface area contributed by atoms with Crippen LogP contribution in [0.2, 0.25) is 0 Å². The van der Waals surface area contributed by atoms with Gasteiger partial charge in [0.25, 0.3) is 0 Å². The van der Waals surface area contributed by atoms with E-state index in [0.717, 1.165) is 30.8 Å². The summed E-state index contributed by atoms with van der Waals surface area (Å²) in [6.07, 6.45) is 2.41. The first kappa shape index (κ1) is 15.0. The molecule has 1 aromatic heterocycles. The third-order valence-electron chi connectivity index (χ3n) is 4.18. The predicted octanol–water partition coefficient (Wildman–Crippen LogP) is 2.75. The van der Waals surface area contributed by atoms with Gasteiger partial charge in [-0.15, -0.1) is 0 Å². The molecule has 1 aliphatic rings. The lowest BCUT2D eigenvalue weighted by atomic mass is 9.99. The molecular formula is C16H24N2O2. The lowest BCUT2D eigenvalue weighted by Crippen LogP contribution is -2.38. The lowest BCUT2D eigenvalue weighted by molar-refractivity contribution is 0.0888. The molecule has 0 amide bonds. The fourth-order valence-corrected chi connectivity index (χ4v) is 3.27. The Balaban J connectivity index is 2.13. The molecule has 4 heteroatoms. The summed E-state index contributed by atoms with van der Waals surface area (Å²) in [4.78, 5) is 29.4. The van der Waals surface area contributed by atoms with E-state index < -0.39 is 0 Å². The van der Waals surface area contributed by atoms with Gasteiger partial charge in [0.2, 0.25) is 0 Å². The minimum atomic E-state index is 0.0156. The minimum absolute atomic E-state index is 0.0156. The molecule has 2 heterocycles. The highest BCUT2D eigenvalue weighted by molar-refractivity contribution is 6.03. The van der Waals surface area contributed by atoms with Crippen molar-refractivity contribution in [1.82, 2.24) is 9.88 Å². The molecule has 2 rings (SSSR count). The number of hydrogen-bond acceptors (Lipinski definition) is 3. The second-order valence-electron chi connectivity index (χ2n) is 6.09. The van der Waals surface area contributed by atoms with Gasteiger partial charge in [-0.25, -0.2) is 0 Å². The van der Waals surface area contributed by atoms with Crippen LogP contribution in [0.1, 0.15) is 58.8 Å². The SMILES string of the molecule is CC(=O)c1c(C)[nH]c(C(=O)CN2CCC[C@@H](C)C2)c1C. The summed E-state index contributed by atoms with van der Waals surface area (Å²) < 4.78 is 0. The number of aromatic nitrogens is 1. The number of H-pyrrole nitrogens is 1. The molecule has 1 saturated heterocycles. The van der Waals surface area contributed by atoms with Gasteiger partial charge >= 0.3 is 0 Å². The molecule has 1 fully saturated rings. The van der Waals surface area contributed by atoms with Crippen molar-refractivity contribution in [1.29, 1.82) is 0 Å². The zero-order valence-electron chi connectivity index (χ0n) is 12.9. The van der Waals surface area contributed by atoms with Gasteiger partial charge in [0.15, 0.2) is 11.6 Å². The number of aromatic amines is 1. The van der Waals surface area contributed by atoms with E-state index in [-0.39, 0.29) is 11.6 Å². The van der Waals surface area contributed by atoms with E-state index in [0.29, 0.717) is 23.7 Å². The van der Waals surface area contributed by atoms with Gasteiger partial charge < -0.3 is 4.98 Å². The quantitative estimate of drug-likeness (QED) is 0.860. The number of rotatable bonds is 4. The number of nitrogens with zero attached hydrogens (tertiary/aromatic N) is 1. The van der Waals surface area contributed by atoms with Crippen molar-refractivity contribution < 1.29 is 9.59 Å². The fraction of sp³-hybridized carbons (Fsp3) is 0.625. The van der Waals surface area contributed by atoms with Crippen molar-refractivity contribution in [3.63, 3.8) is 0 Å². The molecule has 20 heavy (non-hydrogen) atoms. The highest BCUT2D eigenvalue weighted by atomic mass is 16.1. The first-order valence-electron chi connectivity index (χ1n) is 7.35. The summed E-state index contributed by atoms with van der Waals surface area (Å²) in [6, 6.07) is 0. The van der Waals surface area contributed by atoms with Crippen LogP contribution in [0, 0.1) is 19.8 Å². The summed E-state index contributed by atoms with van der Waals surface area (Å²) in [7, 11) is 0. The van der Waals surface area contributed by atoms with E-state index in [4.69, 9.17) is 0 Å². The Hall–Kier alpha value is -1.42. The number of aryl methyl sites for hydroxylation is 1. The van der Waals surface area contributed by atoms with Crippen LogP contribution < -0.4 is 0 Å². The number of nitrogens with one attached hydrogen (secondary N) is 1. The molecule has 0 bridgehead atoms. The lowest BCUT2D eigenvalue weighted by Gasteiger charge is -2.30. The number of piperidine rings is 1. The molecule has 0 radical (unpaired) electrons. The summed E-state index contributed by atoms with van der Waals surface area (Å²) in [6.45, 7) is 9.91. The van der Waals surface area contributed by atoms with Gasteiger partial charge in [-0.1, -0.05) is 6.92 Å². The molecule has 0 unspecified atom stereocenters. The van der Waals surface area contributed by atoms with Crippen LogP contribution in [0.5, 0.6) is 0 Å². The minimum Gasteiger partial charge on any atom is -0.355 e. The first-order chi connectivity index (χ1) is 9.40. The monoisotopic (exact) mass is 276 g/mol. The molecule has 1 aromatic rings. The Kier molecular flexibility index (Phi) is 4.43. The van der Waals surface area contributed by atoms with Crippen molar-refractivity contribution in [2.75, 3.05) is 19.6 Å². The van der Waals surface area contributed by atoms with Gasteiger partial charge in [-0.2, -0.15) is 0 Å². The Labute approximate surface area is 120 Å². The molecule has 110 valence electrons. The zero-order valence-corrected chi connectivity index (χ0v) is 12.9. The van der Waals surface area contributed by atoms with Crippen LogP contribution in [0.15, 0.2) is 0 Å². The number of likely N-dealkylation sites (tertiary alicyclic amines) is 1. The number of Topliss-reactive ketones (excluding diaryl/α,β-unsaturated/α-hetero) is 2. The van der Waals surface area contributed by atoms with E-state index in [1.54, 1.807) is 6.92 Å². The van der Waals surface area contributed by atoms with Crippen molar-refractivity contribution in [3.05, 3.63) is 22.5 Å². The zero-order chi connectivity index (χ0) is 14.9. The molecule has 0 spiro atoms. The fourth-order valence-electron chi connectivity index (χ4n) is 3.27. The molecule has 1 aliphatic heterocycles. The molecule has 1 atom stereocenters. The van der Waals surface area contributed by atoms with E-state index in [9.17, 15) is 9.59 Å². The molecular weight excluding hydrogens is 252 g/mol. The predicted molar refractivity (Wildman–Crippen MR) is 79.4 cm³/mol. The molecule has 0 saturated carbocycles. The summed E-state index contributed by atoms with van der Waals surface area (Å²) in [5.74, 6) is 0.768. The van der Waals surface area contributed by atoms with Gasteiger partial charge in [-0.05, 0) is 51.6 Å². The smallest absolute Gasteiger partial charge is 0.193 e. The number of carbonyl (C=O) groups excluding carboxylic acids is 2. The first-order valence-corrected chi connectivity index (χ1v) is 7.35. The molecule has 0 aliphatic carbocycles. The summed E-state index contributed by atoms with van der Waals surface area (Å²) in [5.41, 5.74) is 2.86. The third-order valence-corrected chi connectivity index (χ3v) is 4.18. The van der Waals surface area contributed by atoms with Crippen LogP contribution in [-0.2, 0) is 0 Å². The normalized spacial score (nSPS) is 20.1. The topological polar surface area (TPSA) is 53.2 Å². The Morgan fingerprint density at radius 3 is 2.60 bits per heavy atom.